The van der Waals surface area contributed by atoms with Crippen LogP contribution in [0.15, 0.2) is 0 Å². The van der Waals surface area contributed by atoms with E-state index < -0.39 is 0 Å². The zero-order valence-corrected chi connectivity index (χ0v) is 8.24. The van der Waals surface area contributed by atoms with Crippen molar-refractivity contribution in [2.45, 2.75) is 46.2 Å². The first kappa shape index (κ1) is 11.1. The van der Waals surface area contributed by atoms with Crippen molar-refractivity contribution in [1.82, 2.24) is 0 Å². The molecule has 0 aliphatic rings. The van der Waals surface area contributed by atoms with Gasteiger partial charge >= 0.3 is 0 Å². The molecule has 0 aromatic carbocycles. The number of hydrogen-bond donors (Lipinski definition) is 0. The van der Waals surface area contributed by atoms with E-state index in [1.807, 2.05) is 0 Å². The first-order valence-electron chi connectivity index (χ1n) is 3.83. The van der Waals surface area contributed by atoms with E-state index in [1.54, 1.807) is 0 Å². The molecule has 0 radical (unpaired) electrons. The van der Waals surface area contributed by atoms with E-state index >= 15 is 0 Å². The summed E-state index contributed by atoms with van der Waals surface area (Å²) in [4.78, 5) is 0. The van der Waals surface area contributed by atoms with Gasteiger partial charge < -0.3 is 0 Å². The van der Waals surface area contributed by atoms with Crippen molar-refractivity contribution in [3.63, 3.8) is 0 Å². The molecule has 0 unspecified atom stereocenters. The SMILES string of the molecule is CCCCC.C[SiH2]C. The van der Waals surface area contributed by atoms with Gasteiger partial charge in [-0.15, -0.1) is 0 Å². The highest BCUT2D eigenvalue weighted by Gasteiger charge is 1.68. The molecule has 0 aliphatic heterocycles. The molecule has 0 spiro atoms. The third kappa shape index (κ3) is 34.4. The van der Waals surface area contributed by atoms with Gasteiger partial charge in [-0.05, 0) is 0 Å². The quantitative estimate of drug-likeness (QED) is 0.506. The third-order valence-electron chi connectivity index (χ3n) is 0.707. The summed E-state index contributed by atoms with van der Waals surface area (Å²) >= 11 is 0. The summed E-state index contributed by atoms with van der Waals surface area (Å²) in [5.41, 5.74) is 0. The summed E-state index contributed by atoms with van der Waals surface area (Å²) in [7, 11) is 0.417. The summed E-state index contributed by atoms with van der Waals surface area (Å²) in [6, 6.07) is 0. The predicted molar refractivity (Wildman–Crippen MR) is 45.5 cm³/mol. The Morgan fingerprint density at radius 3 is 1.25 bits per heavy atom. The van der Waals surface area contributed by atoms with Crippen LogP contribution in [0.3, 0.4) is 0 Å². The van der Waals surface area contributed by atoms with Gasteiger partial charge in [-0.25, -0.2) is 0 Å². The van der Waals surface area contributed by atoms with E-state index in [0.29, 0.717) is 9.52 Å². The van der Waals surface area contributed by atoms with E-state index in [1.165, 1.54) is 19.3 Å². The van der Waals surface area contributed by atoms with Crippen molar-refractivity contribution in [3.05, 3.63) is 0 Å². The zero-order chi connectivity index (χ0) is 6.83. The van der Waals surface area contributed by atoms with Gasteiger partial charge in [0.1, 0.15) is 0 Å². The Labute approximate surface area is 56.5 Å². The highest BCUT2D eigenvalue weighted by molar-refractivity contribution is 6.31. The van der Waals surface area contributed by atoms with Crippen molar-refractivity contribution < 1.29 is 0 Å². The standard InChI is InChI=1S/C5H12.C2H8Si/c1-3-5-4-2;1-3-2/h3-5H2,1-2H3;3H2,1-2H3. The molecular weight excluding hydrogens is 112 g/mol. The summed E-state index contributed by atoms with van der Waals surface area (Å²) in [5, 5.41) is 0. The summed E-state index contributed by atoms with van der Waals surface area (Å²) < 4.78 is 0. The van der Waals surface area contributed by atoms with E-state index in [4.69, 9.17) is 0 Å². The highest BCUT2D eigenvalue weighted by Crippen LogP contribution is 1.88. The molecule has 0 saturated carbocycles. The minimum Gasteiger partial charge on any atom is -0.0750 e. The maximum atomic E-state index is 2.26. The summed E-state index contributed by atoms with van der Waals surface area (Å²) in [6.07, 6.45) is 4.08. The smallest absolute Gasteiger partial charge is 0.0135 e. The van der Waals surface area contributed by atoms with E-state index in [2.05, 4.69) is 26.9 Å². The van der Waals surface area contributed by atoms with Crippen LogP contribution in [0.1, 0.15) is 33.1 Å². The van der Waals surface area contributed by atoms with Crippen LogP contribution in [0.2, 0.25) is 13.1 Å². The Bertz CT molecular complexity index is 18.3. The van der Waals surface area contributed by atoms with Crippen molar-refractivity contribution >= 4 is 9.52 Å². The molecule has 0 bridgehead atoms. The van der Waals surface area contributed by atoms with Crippen LogP contribution in [0.4, 0.5) is 0 Å². The van der Waals surface area contributed by atoms with Gasteiger partial charge in [0.25, 0.3) is 0 Å². The molecular formula is C7H20Si. The highest BCUT2D eigenvalue weighted by atomic mass is 28.2. The van der Waals surface area contributed by atoms with Gasteiger partial charge in [0.15, 0.2) is 0 Å². The van der Waals surface area contributed by atoms with E-state index in [0.717, 1.165) is 0 Å². The molecule has 0 fully saturated rings. The first-order chi connectivity index (χ1) is 3.83. The van der Waals surface area contributed by atoms with Crippen LogP contribution in [-0.2, 0) is 0 Å². The van der Waals surface area contributed by atoms with Crippen molar-refractivity contribution in [2.24, 2.45) is 0 Å². The normalized spacial score (nSPS) is 7.50. The Balaban J connectivity index is 0. The monoisotopic (exact) mass is 132 g/mol. The fourth-order valence-corrected chi connectivity index (χ4v) is 0.354. The maximum absolute atomic E-state index is 2.26. The zero-order valence-electron chi connectivity index (χ0n) is 6.83. The van der Waals surface area contributed by atoms with Crippen LogP contribution in [-0.4, -0.2) is 9.52 Å². The van der Waals surface area contributed by atoms with Gasteiger partial charge in [-0.2, -0.15) is 0 Å². The van der Waals surface area contributed by atoms with Gasteiger partial charge in [-0.3, -0.25) is 0 Å². The minimum atomic E-state index is 0.417. The Hall–Kier alpha value is 0.217. The first-order valence-corrected chi connectivity index (χ1v) is 6.66. The number of rotatable bonds is 2. The van der Waals surface area contributed by atoms with Gasteiger partial charge in [0.2, 0.25) is 0 Å². The number of unbranched alkanes of at least 4 members (excludes halogenated alkanes) is 2. The average Bonchev–Trinajstić information content (AvgIpc) is 1.71. The molecule has 0 aliphatic carbocycles. The molecule has 0 aromatic heterocycles. The lowest BCUT2D eigenvalue weighted by Crippen LogP contribution is -1.59. The molecule has 1 heteroatoms. The second-order valence-corrected chi connectivity index (χ2v) is 3.47. The Kier molecular flexibility index (Phi) is 21.7. The topological polar surface area (TPSA) is 0 Å². The molecule has 0 nitrogen and oxygen atoms in total. The lowest BCUT2D eigenvalue weighted by Gasteiger charge is -1.79. The lowest BCUT2D eigenvalue weighted by molar-refractivity contribution is 0.772. The molecule has 0 N–H and O–H groups in total. The fourth-order valence-electron chi connectivity index (χ4n) is 0.354. The van der Waals surface area contributed by atoms with Crippen molar-refractivity contribution in [3.8, 4) is 0 Å². The summed E-state index contributed by atoms with van der Waals surface area (Å²) in [6.45, 7) is 8.95. The van der Waals surface area contributed by atoms with E-state index in [-0.39, 0.29) is 0 Å². The van der Waals surface area contributed by atoms with Crippen LogP contribution in [0.25, 0.3) is 0 Å². The largest absolute Gasteiger partial charge is 0.0750 e. The molecule has 52 valence electrons. The molecule has 0 heterocycles. The third-order valence-corrected chi connectivity index (χ3v) is 0.707. The fraction of sp³-hybridized carbons (Fsp3) is 1.00. The van der Waals surface area contributed by atoms with Gasteiger partial charge in [0.05, 0.1) is 0 Å². The second kappa shape index (κ2) is 15.7. The lowest BCUT2D eigenvalue weighted by atomic mass is 10.3. The van der Waals surface area contributed by atoms with Crippen LogP contribution >= 0.6 is 0 Å². The van der Waals surface area contributed by atoms with Crippen LogP contribution in [0.5, 0.6) is 0 Å². The average molecular weight is 132 g/mol. The molecule has 0 atom stereocenters. The molecule has 0 amide bonds. The molecule has 0 aromatic rings. The predicted octanol–water partition coefficient (Wildman–Crippen LogP) is 2.45. The van der Waals surface area contributed by atoms with Gasteiger partial charge in [0, 0.05) is 9.52 Å². The maximum Gasteiger partial charge on any atom is 0.0135 e. The van der Waals surface area contributed by atoms with E-state index in [9.17, 15) is 0 Å². The Morgan fingerprint density at radius 2 is 1.25 bits per heavy atom. The summed E-state index contributed by atoms with van der Waals surface area (Å²) in [5.74, 6) is 0. The van der Waals surface area contributed by atoms with Crippen LogP contribution in [0, 0.1) is 0 Å². The molecule has 0 rings (SSSR count). The minimum absolute atomic E-state index is 0.417. The second-order valence-electron chi connectivity index (χ2n) is 2.06. The van der Waals surface area contributed by atoms with Crippen molar-refractivity contribution in [2.75, 3.05) is 0 Å². The Morgan fingerprint density at radius 1 is 1.00 bits per heavy atom. The number of hydrogen-bond acceptors (Lipinski definition) is 0. The van der Waals surface area contributed by atoms with Crippen LogP contribution < -0.4 is 0 Å². The van der Waals surface area contributed by atoms with Gasteiger partial charge in [-0.1, -0.05) is 46.2 Å². The molecule has 0 saturated heterocycles. The molecule has 8 heavy (non-hydrogen) atoms. The van der Waals surface area contributed by atoms with Crippen molar-refractivity contribution in [1.29, 1.82) is 0 Å².